The van der Waals surface area contributed by atoms with E-state index in [1.807, 2.05) is 0 Å². The van der Waals surface area contributed by atoms with Crippen LogP contribution < -0.4 is 0 Å². The van der Waals surface area contributed by atoms with Crippen LogP contribution in [0.2, 0.25) is 0 Å². The molecule has 0 amide bonds. The molecule has 120 valence electrons. The van der Waals surface area contributed by atoms with Crippen molar-refractivity contribution >= 4 is 32.3 Å². The van der Waals surface area contributed by atoms with E-state index in [9.17, 15) is 0 Å². The van der Waals surface area contributed by atoms with Crippen LogP contribution in [0.15, 0.2) is 78.9 Å². The largest absolute Gasteiger partial charge is 0.0613 e. The summed E-state index contributed by atoms with van der Waals surface area (Å²) in [6.07, 6.45) is 2.08. The first-order chi connectivity index (χ1) is 12.3. The van der Waals surface area contributed by atoms with Crippen LogP contribution in [0.5, 0.6) is 0 Å². The highest BCUT2D eigenvalue weighted by Gasteiger charge is 2.09. The minimum Gasteiger partial charge on any atom is -0.0613 e. The summed E-state index contributed by atoms with van der Waals surface area (Å²) in [6, 6.07) is 29.4. The predicted molar refractivity (Wildman–Crippen MR) is 109 cm³/mol. The average Bonchev–Trinajstić information content (AvgIpc) is 2.66. The average molecular weight is 320 g/mol. The number of hydrogen-bond donors (Lipinski definition) is 0. The fraction of sp³-hybridized carbons (Fsp3) is 0.120. The molecule has 0 atom stereocenters. The highest BCUT2D eigenvalue weighted by molar-refractivity contribution is 6.23. The molecule has 0 N–H and O–H groups in total. The SMILES string of the molecule is CCc1ccc(Cc2cc3ccc4cccc5ccc(c2)c3c45)cc1. The molecule has 0 spiro atoms. The molecule has 25 heavy (non-hydrogen) atoms. The molecular formula is C25H20. The van der Waals surface area contributed by atoms with Crippen molar-refractivity contribution in [3.05, 3.63) is 95.6 Å². The predicted octanol–water partition coefficient (Wildman–Crippen LogP) is 6.74. The van der Waals surface area contributed by atoms with Crippen LogP contribution in [0.25, 0.3) is 32.3 Å². The molecule has 0 bridgehead atoms. The van der Waals surface area contributed by atoms with Gasteiger partial charge in [-0.3, -0.25) is 0 Å². The standard InChI is InChI=1S/C25H20/c1-2-17-6-8-18(9-7-17)14-19-15-22-12-10-20-4-3-5-21-11-13-23(16-19)25(22)24(20)21/h3-13,15-16H,2,14H2,1H3. The van der Waals surface area contributed by atoms with Crippen LogP contribution in [0.1, 0.15) is 23.6 Å². The van der Waals surface area contributed by atoms with Crippen molar-refractivity contribution in [2.75, 3.05) is 0 Å². The van der Waals surface area contributed by atoms with E-state index in [4.69, 9.17) is 0 Å². The zero-order valence-electron chi connectivity index (χ0n) is 14.4. The molecule has 0 radical (unpaired) electrons. The van der Waals surface area contributed by atoms with Crippen molar-refractivity contribution in [2.45, 2.75) is 19.8 Å². The van der Waals surface area contributed by atoms with Crippen molar-refractivity contribution in [3.63, 3.8) is 0 Å². The molecule has 0 saturated carbocycles. The third-order valence-electron chi connectivity index (χ3n) is 5.36. The molecule has 0 heteroatoms. The molecule has 0 nitrogen and oxygen atoms in total. The lowest BCUT2D eigenvalue weighted by Crippen LogP contribution is -1.91. The summed E-state index contributed by atoms with van der Waals surface area (Å²) in [5.74, 6) is 0. The van der Waals surface area contributed by atoms with E-state index in [2.05, 4.69) is 85.8 Å². The number of benzene rings is 5. The second-order valence-corrected chi connectivity index (χ2v) is 6.97. The zero-order valence-corrected chi connectivity index (χ0v) is 14.4. The summed E-state index contributed by atoms with van der Waals surface area (Å²) in [7, 11) is 0. The van der Waals surface area contributed by atoms with Crippen molar-refractivity contribution in [2.24, 2.45) is 0 Å². The maximum atomic E-state index is 2.36. The number of aryl methyl sites for hydroxylation is 1. The Morgan fingerprint density at radius 1 is 0.520 bits per heavy atom. The lowest BCUT2D eigenvalue weighted by molar-refractivity contribution is 1.12. The highest BCUT2D eigenvalue weighted by atomic mass is 14.1. The van der Waals surface area contributed by atoms with Gasteiger partial charge >= 0.3 is 0 Å². The Morgan fingerprint density at radius 3 is 1.64 bits per heavy atom. The number of hydrogen-bond acceptors (Lipinski definition) is 0. The van der Waals surface area contributed by atoms with E-state index in [0.717, 1.165) is 12.8 Å². The fourth-order valence-corrected chi connectivity index (χ4v) is 4.05. The zero-order chi connectivity index (χ0) is 16.8. The molecule has 0 fully saturated rings. The highest BCUT2D eigenvalue weighted by Crippen LogP contribution is 2.35. The van der Waals surface area contributed by atoms with E-state index >= 15 is 0 Å². The Bertz CT molecular complexity index is 1120. The van der Waals surface area contributed by atoms with Gasteiger partial charge < -0.3 is 0 Å². The molecule has 0 unspecified atom stereocenters. The molecular weight excluding hydrogens is 300 g/mol. The van der Waals surface area contributed by atoms with Gasteiger partial charge in [0.25, 0.3) is 0 Å². The lowest BCUT2D eigenvalue weighted by Gasteiger charge is -2.12. The Hall–Kier alpha value is -2.86. The molecule has 5 aromatic carbocycles. The van der Waals surface area contributed by atoms with Crippen LogP contribution in [0.4, 0.5) is 0 Å². The first-order valence-electron chi connectivity index (χ1n) is 9.06. The first kappa shape index (κ1) is 14.5. The van der Waals surface area contributed by atoms with Crippen LogP contribution in [-0.4, -0.2) is 0 Å². The van der Waals surface area contributed by atoms with Gasteiger partial charge in [0.05, 0.1) is 0 Å². The van der Waals surface area contributed by atoms with Gasteiger partial charge in [-0.25, -0.2) is 0 Å². The van der Waals surface area contributed by atoms with E-state index in [1.54, 1.807) is 0 Å². The van der Waals surface area contributed by atoms with Crippen molar-refractivity contribution in [3.8, 4) is 0 Å². The minimum absolute atomic E-state index is 0.987. The third kappa shape index (κ3) is 2.37. The Balaban J connectivity index is 1.66. The topological polar surface area (TPSA) is 0 Å². The van der Waals surface area contributed by atoms with Gasteiger partial charge in [0.2, 0.25) is 0 Å². The van der Waals surface area contributed by atoms with Gasteiger partial charge in [0.15, 0.2) is 0 Å². The van der Waals surface area contributed by atoms with Crippen LogP contribution >= 0.6 is 0 Å². The monoisotopic (exact) mass is 320 g/mol. The Kier molecular flexibility index (Phi) is 3.24. The fourth-order valence-electron chi connectivity index (χ4n) is 4.05. The molecule has 5 aromatic rings. The summed E-state index contributed by atoms with van der Waals surface area (Å²) >= 11 is 0. The van der Waals surface area contributed by atoms with E-state index in [0.29, 0.717) is 0 Å². The molecule has 0 aliphatic carbocycles. The molecule has 0 aliphatic heterocycles. The second kappa shape index (κ2) is 5.60. The van der Waals surface area contributed by atoms with Gasteiger partial charge in [-0.2, -0.15) is 0 Å². The van der Waals surface area contributed by atoms with Crippen molar-refractivity contribution in [1.82, 2.24) is 0 Å². The van der Waals surface area contributed by atoms with Crippen LogP contribution in [0.3, 0.4) is 0 Å². The maximum absolute atomic E-state index is 2.36. The lowest BCUT2D eigenvalue weighted by atomic mass is 9.91. The van der Waals surface area contributed by atoms with Crippen molar-refractivity contribution in [1.29, 1.82) is 0 Å². The molecule has 0 aromatic heterocycles. The van der Waals surface area contributed by atoms with Gasteiger partial charge in [0, 0.05) is 0 Å². The van der Waals surface area contributed by atoms with Crippen LogP contribution in [0, 0.1) is 0 Å². The first-order valence-corrected chi connectivity index (χ1v) is 9.06. The van der Waals surface area contributed by atoms with Crippen molar-refractivity contribution < 1.29 is 0 Å². The third-order valence-corrected chi connectivity index (χ3v) is 5.36. The molecule has 5 rings (SSSR count). The van der Waals surface area contributed by atoms with E-state index in [1.165, 1.54) is 49.0 Å². The summed E-state index contributed by atoms with van der Waals surface area (Å²) in [4.78, 5) is 0. The van der Waals surface area contributed by atoms with Gasteiger partial charge in [0.1, 0.15) is 0 Å². The van der Waals surface area contributed by atoms with Crippen LogP contribution in [-0.2, 0) is 12.8 Å². The van der Waals surface area contributed by atoms with E-state index < -0.39 is 0 Å². The quantitative estimate of drug-likeness (QED) is 0.323. The smallest absolute Gasteiger partial charge is 0.00253 e. The molecule has 0 heterocycles. The van der Waals surface area contributed by atoms with Gasteiger partial charge in [-0.05, 0) is 61.8 Å². The number of rotatable bonds is 3. The maximum Gasteiger partial charge on any atom is -0.00253 e. The Morgan fingerprint density at radius 2 is 1.04 bits per heavy atom. The summed E-state index contributed by atoms with van der Waals surface area (Å²) in [6.45, 7) is 2.20. The van der Waals surface area contributed by atoms with E-state index in [-0.39, 0.29) is 0 Å². The summed E-state index contributed by atoms with van der Waals surface area (Å²) in [5, 5.41) is 8.16. The summed E-state index contributed by atoms with van der Waals surface area (Å²) in [5.41, 5.74) is 4.17. The van der Waals surface area contributed by atoms with Gasteiger partial charge in [-0.1, -0.05) is 85.8 Å². The van der Waals surface area contributed by atoms with Gasteiger partial charge in [-0.15, -0.1) is 0 Å². The Labute approximate surface area is 148 Å². The summed E-state index contributed by atoms with van der Waals surface area (Å²) < 4.78 is 0. The second-order valence-electron chi connectivity index (χ2n) is 6.97. The minimum atomic E-state index is 0.987. The molecule has 0 aliphatic rings. The normalized spacial score (nSPS) is 11.7. The molecule has 0 saturated heterocycles.